The molecule has 132 valence electrons. The minimum atomic E-state index is -3.88. The summed E-state index contributed by atoms with van der Waals surface area (Å²) in [4.78, 5) is 22.3. The van der Waals surface area contributed by atoms with E-state index in [1.54, 1.807) is 0 Å². The van der Waals surface area contributed by atoms with Crippen LogP contribution in [0.25, 0.3) is 0 Å². The van der Waals surface area contributed by atoms with E-state index in [0.717, 1.165) is 50.7 Å². The van der Waals surface area contributed by atoms with Crippen LogP contribution in [-0.4, -0.2) is 30.5 Å². The van der Waals surface area contributed by atoms with Crippen molar-refractivity contribution in [3.63, 3.8) is 0 Å². The van der Waals surface area contributed by atoms with Crippen molar-refractivity contribution in [2.75, 3.05) is 0 Å². The van der Waals surface area contributed by atoms with Gasteiger partial charge in [-0.3, -0.25) is 14.9 Å². The van der Waals surface area contributed by atoms with Crippen LogP contribution in [-0.2, 0) is 14.6 Å². The molecule has 0 radical (unpaired) electrons. The SMILES string of the molecule is C[C@@H](C(=O)NC1CCCCCC1)S(=O)(=O)c1ccc([N+](=O)[O-])cc1. The topological polar surface area (TPSA) is 106 Å². The first-order valence-electron chi connectivity index (χ1n) is 8.11. The third kappa shape index (κ3) is 4.31. The fourth-order valence-electron chi connectivity index (χ4n) is 2.84. The number of carbonyl (C=O) groups excluding carboxylic acids is 1. The number of hydrogen-bond donors (Lipinski definition) is 1. The van der Waals surface area contributed by atoms with Gasteiger partial charge in [-0.15, -0.1) is 0 Å². The number of amides is 1. The number of non-ortho nitro benzene ring substituents is 1. The Kier molecular flexibility index (Phi) is 5.93. The Labute approximate surface area is 141 Å². The van der Waals surface area contributed by atoms with Gasteiger partial charge >= 0.3 is 0 Å². The summed E-state index contributed by atoms with van der Waals surface area (Å²) >= 11 is 0. The monoisotopic (exact) mass is 354 g/mol. The summed E-state index contributed by atoms with van der Waals surface area (Å²) in [5.74, 6) is -0.514. The maximum Gasteiger partial charge on any atom is 0.269 e. The summed E-state index contributed by atoms with van der Waals surface area (Å²) in [6.45, 7) is 1.35. The Hall–Kier alpha value is -1.96. The molecular weight excluding hydrogens is 332 g/mol. The van der Waals surface area contributed by atoms with E-state index >= 15 is 0 Å². The first kappa shape index (κ1) is 18.4. The molecule has 0 aliphatic heterocycles. The average molecular weight is 354 g/mol. The van der Waals surface area contributed by atoms with Crippen molar-refractivity contribution in [3.05, 3.63) is 34.4 Å². The minimum Gasteiger partial charge on any atom is -0.352 e. The predicted molar refractivity (Wildman–Crippen MR) is 89.4 cm³/mol. The number of sulfone groups is 1. The molecule has 0 heterocycles. The lowest BCUT2D eigenvalue weighted by Gasteiger charge is -2.19. The first-order valence-corrected chi connectivity index (χ1v) is 9.65. The maximum atomic E-state index is 12.5. The molecule has 8 heteroatoms. The highest BCUT2D eigenvalue weighted by Gasteiger charge is 2.31. The van der Waals surface area contributed by atoms with Crippen LogP contribution in [0.3, 0.4) is 0 Å². The summed E-state index contributed by atoms with van der Waals surface area (Å²) in [6, 6.07) is 4.62. The van der Waals surface area contributed by atoms with E-state index in [4.69, 9.17) is 0 Å². The lowest BCUT2D eigenvalue weighted by molar-refractivity contribution is -0.384. The second-order valence-corrected chi connectivity index (χ2v) is 8.40. The Balaban J connectivity index is 2.09. The van der Waals surface area contributed by atoms with E-state index in [9.17, 15) is 23.3 Å². The molecular formula is C16H22N2O5S. The molecule has 1 atom stereocenters. The van der Waals surface area contributed by atoms with Gasteiger partial charge in [0.15, 0.2) is 9.84 Å². The van der Waals surface area contributed by atoms with Gasteiger partial charge in [0.2, 0.25) is 5.91 Å². The molecule has 24 heavy (non-hydrogen) atoms. The highest BCUT2D eigenvalue weighted by atomic mass is 32.2. The molecule has 0 unspecified atom stereocenters. The van der Waals surface area contributed by atoms with Gasteiger partial charge in [0.1, 0.15) is 5.25 Å². The van der Waals surface area contributed by atoms with E-state index in [0.29, 0.717) is 0 Å². The van der Waals surface area contributed by atoms with Crippen LogP contribution in [0, 0.1) is 10.1 Å². The highest BCUT2D eigenvalue weighted by Crippen LogP contribution is 2.21. The predicted octanol–water partition coefficient (Wildman–Crippen LogP) is 2.60. The number of carbonyl (C=O) groups is 1. The summed E-state index contributed by atoms with van der Waals surface area (Å²) in [7, 11) is -3.88. The van der Waals surface area contributed by atoms with Crippen LogP contribution < -0.4 is 5.32 Å². The molecule has 2 rings (SSSR count). The van der Waals surface area contributed by atoms with Gasteiger partial charge in [0.05, 0.1) is 9.82 Å². The lowest BCUT2D eigenvalue weighted by atomic mass is 10.1. The van der Waals surface area contributed by atoms with Gasteiger partial charge in [-0.1, -0.05) is 25.7 Å². The smallest absolute Gasteiger partial charge is 0.269 e. The number of nitrogens with one attached hydrogen (secondary N) is 1. The molecule has 1 aliphatic rings. The lowest BCUT2D eigenvalue weighted by Crippen LogP contribution is -2.43. The molecule has 1 N–H and O–H groups in total. The average Bonchev–Trinajstić information content (AvgIpc) is 2.82. The summed E-state index contributed by atoms with van der Waals surface area (Å²) < 4.78 is 25.1. The standard InChI is InChI=1S/C16H22N2O5S/c1-12(16(19)17-13-6-4-2-3-5-7-13)24(22,23)15-10-8-14(9-11-15)18(20)21/h8-13H,2-7H2,1H3,(H,17,19)/t12-/m0/s1. The van der Waals surface area contributed by atoms with E-state index < -0.39 is 25.9 Å². The molecule has 7 nitrogen and oxygen atoms in total. The molecule has 0 bridgehead atoms. The number of nitrogens with zero attached hydrogens (tertiary/aromatic N) is 1. The van der Waals surface area contributed by atoms with Gasteiger partial charge in [-0.2, -0.15) is 0 Å². The maximum absolute atomic E-state index is 12.5. The van der Waals surface area contributed by atoms with Crippen LogP contribution in [0.15, 0.2) is 29.2 Å². The number of hydrogen-bond acceptors (Lipinski definition) is 5. The molecule has 0 spiro atoms. The van der Waals surface area contributed by atoms with Crippen molar-refractivity contribution < 1.29 is 18.1 Å². The van der Waals surface area contributed by atoms with Crippen LogP contribution in [0.2, 0.25) is 0 Å². The Bertz CT molecular complexity index is 692. The Morgan fingerprint density at radius 2 is 1.71 bits per heavy atom. The van der Waals surface area contributed by atoms with Crippen molar-refractivity contribution in [1.82, 2.24) is 5.32 Å². The van der Waals surface area contributed by atoms with Gasteiger partial charge < -0.3 is 5.32 Å². The minimum absolute atomic E-state index is 0.0227. The van der Waals surface area contributed by atoms with Crippen molar-refractivity contribution in [2.45, 2.75) is 61.6 Å². The van der Waals surface area contributed by atoms with E-state index in [1.165, 1.54) is 19.1 Å². The Morgan fingerprint density at radius 1 is 1.17 bits per heavy atom. The van der Waals surface area contributed by atoms with Crippen LogP contribution >= 0.6 is 0 Å². The molecule has 1 aromatic carbocycles. The fourth-order valence-corrected chi connectivity index (χ4v) is 4.12. The molecule has 1 aromatic rings. The third-order valence-corrected chi connectivity index (χ3v) is 6.49. The number of benzene rings is 1. The molecule has 0 aromatic heterocycles. The van der Waals surface area contributed by atoms with Crippen molar-refractivity contribution in [1.29, 1.82) is 0 Å². The molecule has 0 saturated heterocycles. The first-order chi connectivity index (χ1) is 11.3. The summed E-state index contributed by atoms with van der Waals surface area (Å²) in [5, 5.41) is 12.2. The van der Waals surface area contributed by atoms with Gasteiger partial charge in [-0.25, -0.2) is 8.42 Å². The fraction of sp³-hybridized carbons (Fsp3) is 0.562. The quantitative estimate of drug-likeness (QED) is 0.497. The number of nitro groups is 1. The van der Waals surface area contributed by atoms with Crippen molar-refractivity contribution in [3.8, 4) is 0 Å². The summed E-state index contributed by atoms with van der Waals surface area (Å²) in [6.07, 6.45) is 6.10. The molecule has 1 aliphatic carbocycles. The zero-order chi connectivity index (χ0) is 17.7. The van der Waals surface area contributed by atoms with E-state index in [-0.39, 0.29) is 16.6 Å². The normalized spacial score (nSPS) is 17.7. The van der Waals surface area contributed by atoms with Crippen LogP contribution in [0.4, 0.5) is 5.69 Å². The molecule has 1 amide bonds. The molecule has 1 saturated carbocycles. The van der Waals surface area contributed by atoms with Crippen molar-refractivity contribution in [2.24, 2.45) is 0 Å². The number of nitro benzene ring substituents is 1. The highest BCUT2D eigenvalue weighted by molar-refractivity contribution is 7.92. The van der Waals surface area contributed by atoms with Crippen LogP contribution in [0.1, 0.15) is 45.4 Å². The third-order valence-electron chi connectivity index (χ3n) is 4.41. The van der Waals surface area contributed by atoms with E-state index in [2.05, 4.69) is 5.32 Å². The zero-order valence-corrected chi connectivity index (χ0v) is 14.4. The van der Waals surface area contributed by atoms with Gasteiger partial charge in [-0.05, 0) is 31.9 Å². The number of rotatable bonds is 5. The van der Waals surface area contributed by atoms with Gasteiger partial charge in [0.25, 0.3) is 5.69 Å². The largest absolute Gasteiger partial charge is 0.352 e. The molecule has 1 fully saturated rings. The second-order valence-electron chi connectivity index (χ2n) is 6.14. The second kappa shape index (κ2) is 7.74. The van der Waals surface area contributed by atoms with Gasteiger partial charge in [0, 0.05) is 18.2 Å². The summed E-state index contributed by atoms with van der Waals surface area (Å²) in [5.41, 5.74) is -0.190. The Morgan fingerprint density at radius 3 is 2.21 bits per heavy atom. The van der Waals surface area contributed by atoms with E-state index in [1.807, 2.05) is 0 Å². The zero-order valence-electron chi connectivity index (χ0n) is 13.6. The van der Waals surface area contributed by atoms with Crippen LogP contribution in [0.5, 0.6) is 0 Å². The van der Waals surface area contributed by atoms with Crippen molar-refractivity contribution >= 4 is 21.4 Å².